The standard InChI is InChI=1S/C13H13NO2/c1-13(16,12(14)15)11-8-4-6-9-5-2-3-7-10(9)11/h2-8,16H,1H3,(H2,14,15). The second-order valence-electron chi connectivity index (χ2n) is 3.96. The second kappa shape index (κ2) is 3.61. The Bertz CT molecular complexity index is 541. The van der Waals surface area contributed by atoms with Crippen molar-refractivity contribution >= 4 is 16.7 Å². The molecule has 0 heterocycles. The molecule has 1 amide bonds. The third-order valence-corrected chi connectivity index (χ3v) is 2.79. The summed E-state index contributed by atoms with van der Waals surface area (Å²) in [6.07, 6.45) is 0. The largest absolute Gasteiger partial charge is 0.376 e. The monoisotopic (exact) mass is 215 g/mol. The smallest absolute Gasteiger partial charge is 0.253 e. The number of amides is 1. The molecule has 2 aromatic carbocycles. The summed E-state index contributed by atoms with van der Waals surface area (Å²) in [5, 5.41) is 11.9. The first-order valence-electron chi connectivity index (χ1n) is 5.04. The molecule has 0 aliphatic heterocycles. The molecule has 3 heteroatoms. The van der Waals surface area contributed by atoms with Crippen molar-refractivity contribution in [3.05, 3.63) is 48.0 Å². The van der Waals surface area contributed by atoms with Gasteiger partial charge in [-0.3, -0.25) is 4.79 Å². The molecule has 0 spiro atoms. The zero-order valence-corrected chi connectivity index (χ0v) is 8.97. The van der Waals surface area contributed by atoms with Gasteiger partial charge in [0.15, 0.2) is 5.60 Å². The maximum Gasteiger partial charge on any atom is 0.253 e. The van der Waals surface area contributed by atoms with E-state index < -0.39 is 11.5 Å². The Morgan fingerprint density at radius 1 is 1.19 bits per heavy atom. The highest BCUT2D eigenvalue weighted by Crippen LogP contribution is 2.28. The number of nitrogens with two attached hydrogens (primary N) is 1. The number of hydrogen-bond acceptors (Lipinski definition) is 2. The molecule has 0 aliphatic rings. The van der Waals surface area contributed by atoms with Crippen LogP contribution < -0.4 is 5.73 Å². The summed E-state index contributed by atoms with van der Waals surface area (Å²) in [6.45, 7) is 1.41. The first-order valence-corrected chi connectivity index (χ1v) is 5.04. The fraction of sp³-hybridized carbons (Fsp3) is 0.154. The van der Waals surface area contributed by atoms with Gasteiger partial charge >= 0.3 is 0 Å². The highest BCUT2D eigenvalue weighted by Gasteiger charge is 2.31. The van der Waals surface area contributed by atoms with Crippen molar-refractivity contribution in [2.45, 2.75) is 12.5 Å². The van der Waals surface area contributed by atoms with Gasteiger partial charge in [0.25, 0.3) is 5.91 Å². The van der Waals surface area contributed by atoms with Gasteiger partial charge in [-0.15, -0.1) is 0 Å². The van der Waals surface area contributed by atoms with E-state index >= 15 is 0 Å². The van der Waals surface area contributed by atoms with E-state index in [-0.39, 0.29) is 0 Å². The Hall–Kier alpha value is -1.87. The first-order chi connectivity index (χ1) is 7.53. The maximum absolute atomic E-state index is 11.2. The van der Waals surface area contributed by atoms with Gasteiger partial charge in [0.05, 0.1) is 0 Å². The van der Waals surface area contributed by atoms with E-state index in [0.717, 1.165) is 10.8 Å². The lowest BCUT2D eigenvalue weighted by Crippen LogP contribution is -2.38. The van der Waals surface area contributed by atoms with Crippen LogP contribution >= 0.6 is 0 Å². The molecule has 16 heavy (non-hydrogen) atoms. The molecule has 0 fully saturated rings. The lowest BCUT2D eigenvalue weighted by Gasteiger charge is -2.21. The molecule has 0 radical (unpaired) electrons. The van der Waals surface area contributed by atoms with Crippen LogP contribution in [0.25, 0.3) is 10.8 Å². The van der Waals surface area contributed by atoms with Crippen molar-refractivity contribution in [1.29, 1.82) is 0 Å². The molecule has 2 aromatic rings. The van der Waals surface area contributed by atoms with Crippen LogP contribution in [0.3, 0.4) is 0 Å². The van der Waals surface area contributed by atoms with Crippen molar-refractivity contribution in [3.8, 4) is 0 Å². The molecule has 0 aliphatic carbocycles. The number of hydrogen-bond donors (Lipinski definition) is 2. The summed E-state index contributed by atoms with van der Waals surface area (Å²) in [7, 11) is 0. The van der Waals surface area contributed by atoms with Gasteiger partial charge in [0.2, 0.25) is 0 Å². The lowest BCUT2D eigenvalue weighted by atomic mass is 9.90. The van der Waals surface area contributed by atoms with Crippen LogP contribution in [0.4, 0.5) is 0 Å². The topological polar surface area (TPSA) is 63.3 Å². The van der Waals surface area contributed by atoms with E-state index in [9.17, 15) is 9.90 Å². The van der Waals surface area contributed by atoms with E-state index in [2.05, 4.69) is 0 Å². The molecule has 82 valence electrons. The van der Waals surface area contributed by atoms with Crippen LogP contribution in [-0.4, -0.2) is 11.0 Å². The number of fused-ring (bicyclic) bond motifs is 1. The normalized spacial score (nSPS) is 14.6. The highest BCUT2D eigenvalue weighted by atomic mass is 16.3. The Kier molecular flexibility index (Phi) is 2.40. The molecule has 3 N–H and O–H groups in total. The summed E-state index contributed by atoms with van der Waals surface area (Å²) in [5.74, 6) is -0.746. The molecular formula is C13H13NO2. The van der Waals surface area contributed by atoms with Gasteiger partial charge in [0, 0.05) is 5.56 Å². The fourth-order valence-corrected chi connectivity index (χ4v) is 1.78. The summed E-state index contributed by atoms with van der Waals surface area (Å²) < 4.78 is 0. The fourth-order valence-electron chi connectivity index (χ4n) is 1.78. The van der Waals surface area contributed by atoms with E-state index in [1.54, 1.807) is 12.1 Å². The maximum atomic E-state index is 11.2. The van der Waals surface area contributed by atoms with Crippen molar-refractivity contribution < 1.29 is 9.90 Å². The molecule has 1 unspecified atom stereocenters. The third kappa shape index (κ3) is 1.55. The Morgan fingerprint density at radius 3 is 2.50 bits per heavy atom. The van der Waals surface area contributed by atoms with Gasteiger partial charge in [-0.2, -0.15) is 0 Å². The Labute approximate surface area is 93.5 Å². The van der Waals surface area contributed by atoms with E-state index in [0.29, 0.717) is 5.56 Å². The van der Waals surface area contributed by atoms with Crippen LogP contribution in [0.15, 0.2) is 42.5 Å². The predicted octanol–water partition coefficient (Wildman–Crippen LogP) is 1.53. The first kappa shape index (κ1) is 10.6. The summed E-state index contributed by atoms with van der Waals surface area (Å²) in [6, 6.07) is 13.0. The minimum absolute atomic E-state index is 0.540. The quantitative estimate of drug-likeness (QED) is 0.798. The van der Waals surface area contributed by atoms with Crippen LogP contribution in [0, 0.1) is 0 Å². The summed E-state index contributed by atoms with van der Waals surface area (Å²) in [5.41, 5.74) is 4.11. The zero-order chi connectivity index (χ0) is 11.8. The summed E-state index contributed by atoms with van der Waals surface area (Å²) in [4.78, 5) is 11.2. The Balaban J connectivity index is 2.74. The molecule has 1 atom stereocenters. The third-order valence-electron chi connectivity index (χ3n) is 2.79. The summed E-state index contributed by atoms with van der Waals surface area (Å²) >= 11 is 0. The zero-order valence-electron chi connectivity index (χ0n) is 8.97. The molecule has 0 aromatic heterocycles. The van der Waals surface area contributed by atoms with E-state index in [4.69, 9.17) is 5.73 Å². The van der Waals surface area contributed by atoms with Gasteiger partial charge in [-0.25, -0.2) is 0 Å². The highest BCUT2D eigenvalue weighted by molar-refractivity contribution is 5.93. The average molecular weight is 215 g/mol. The van der Waals surface area contributed by atoms with Crippen molar-refractivity contribution in [2.75, 3.05) is 0 Å². The molecular weight excluding hydrogens is 202 g/mol. The van der Waals surface area contributed by atoms with Crippen LogP contribution in [-0.2, 0) is 10.4 Å². The number of rotatable bonds is 2. The van der Waals surface area contributed by atoms with Crippen LogP contribution in [0.5, 0.6) is 0 Å². The van der Waals surface area contributed by atoms with Gasteiger partial charge in [-0.1, -0.05) is 42.5 Å². The molecule has 2 rings (SSSR count). The van der Waals surface area contributed by atoms with Crippen molar-refractivity contribution in [3.63, 3.8) is 0 Å². The molecule has 3 nitrogen and oxygen atoms in total. The second-order valence-corrected chi connectivity index (χ2v) is 3.96. The van der Waals surface area contributed by atoms with Gasteiger partial charge in [-0.05, 0) is 17.7 Å². The minimum Gasteiger partial charge on any atom is -0.376 e. The molecule has 0 saturated heterocycles. The van der Waals surface area contributed by atoms with Crippen molar-refractivity contribution in [2.24, 2.45) is 5.73 Å². The number of primary amides is 1. The number of benzene rings is 2. The SMILES string of the molecule is CC(O)(C(N)=O)c1cccc2ccccc12. The van der Waals surface area contributed by atoms with Crippen LogP contribution in [0.2, 0.25) is 0 Å². The minimum atomic E-state index is -1.64. The number of aliphatic hydroxyl groups is 1. The van der Waals surface area contributed by atoms with Gasteiger partial charge in [0.1, 0.15) is 0 Å². The average Bonchev–Trinajstić information content (AvgIpc) is 2.28. The molecule has 0 saturated carbocycles. The lowest BCUT2D eigenvalue weighted by molar-refractivity contribution is -0.135. The van der Waals surface area contributed by atoms with Crippen LogP contribution in [0.1, 0.15) is 12.5 Å². The predicted molar refractivity (Wildman–Crippen MR) is 62.7 cm³/mol. The number of carbonyl (C=O) groups excluding carboxylic acids is 1. The molecule has 0 bridgehead atoms. The number of carbonyl (C=O) groups is 1. The van der Waals surface area contributed by atoms with E-state index in [1.807, 2.05) is 30.3 Å². The van der Waals surface area contributed by atoms with E-state index in [1.165, 1.54) is 6.92 Å². The van der Waals surface area contributed by atoms with Crippen molar-refractivity contribution in [1.82, 2.24) is 0 Å². The Morgan fingerprint density at radius 2 is 1.81 bits per heavy atom. The van der Waals surface area contributed by atoms with Gasteiger partial charge < -0.3 is 10.8 Å².